The third-order valence-electron chi connectivity index (χ3n) is 3.64. The van der Waals surface area contributed by atoms with Crippen LogP contribution in [0.3, 0.4) is 0 Å². The average Bonchev–Trinajstić information content (AvgIpc) is 2.60. The van der Waals surface area contributed by atoms with Crippen LogP contribution in [0.25, 0.3) is 0 Å². The van der Waals surface area contributed by atoms with Crippen molar-refractivity contribution in [1.82, 2.24) is 5.32 Å². The molecule has 0 aliphatic carbocycles. The van der Waals surface area contributed by atoms with E-state index in [1.54, 1.807) is 0 Å². The second-order valence-electron chi connectivity index (χ2n) is 6.14. The fraction of sp³-hybridized carbons (Fsp3) is 0.625. The zero-order valence-electron chi connectivity index (χ0n) is 12.6. The van der Waals surface area contributed by atoms with Crippen LogP contribution in [0.4, 0.5) is 0 Å². The van der Waals surface area contributed by atoms with Crippen LogP contribution >= 0.6 is 15.9 Å². The van der Waals surface area contributed by atoms with Gasteiger partial charge in [-0.2, -0.15) is 0 Å². The Morgan fingerprint density at radius 3 is 2.50 bits per heavy atom. The smallest absolute Gasteiger partial charge is 0.162 e. The van der Waals surface area contributed by atoms with E-state index in [4.69, 9.17) is 9.47 Å². The molecule has 112 valence electrons. The second kappa shape index (κ2) is 6.81. The van der Waals surface area contributed by atoms with Gasteiger partial charge in [-0.05, 0) is 49.5 Å². The van der Waals surface area contributed by atoms with E-state index >= 15 is 0 Å². The van der Waals surface area contributed by atoms with E-state index in [9.17, 15) is 0 Å². The Morgan fingerprint density at radius 2 is 1.85 bits per heavy atom. The van der Waals surface area contributed by atoms with Crippen LogP contribution in [0.1, 0.15) is 32.3 Å². The lowest BCUT2D eigenvalue weighted by Gasteiger charge is -2.24. The van der Waals surface area contributed by atoms with Crippen molar-refractivity contribution in [3.8, 4) is 11.5 Å². The maximum absolute atomic E-state index is 5.77. The summed E-state index contributed by atoms with van der Waals surface area (Å²) >= 11 is 3.66. The highest BCUT2D eigenvalue weighted by molar-refractivity contribution is 9.10. The Labute approximate surface area is 130 Å². The molecule has 0 bridgehead atoms. The molecular weight excluding hydrogens is 318 g/mol. The number of nitrogens with one attached hydrogen (secondary N) is 1. The molecule has 1 heterocycles. The van der Waals surface area contributed by atoms with E-state index in [2.05, 4.69) is 41.2 Å². The highest BCUT2D eigenvalue weighted by Crippen LogP contribution is 2.36. The molecule has 20 heavy (non-hydrogen) atoms. The fourth-order valence-electron chi connectivity index (χ4n) is 2.46. The summed E-state index contributed by atoms with van der Waals surface area (Å²) in [7, 11) is 2.01. The number of aryl methyl sites for hydroxylation is 1. The molecule has 0 atom stereocenters. The summed E-state index contributed by atoms with van der Waals surface area (Å²) < 4.78 is 12.6. The van der Waals surface area contributed by atoms with E-state index in [1.807, 2.05) is 13.1 Å². The van der Waals surface area contributed by atoms with E-state index in [1.165, 1.54) is 5.56 Å². The molecule has 1 aliphatic heterocycles. The molecule has 3 nitrogen and oxygen atoms in total. The Balaban J connectivity index is 2.10. The number of rotatable bonds is 5. The first-order valence-electron chi connectivity index (χ1n) is 7.24. The van der Waals surface area contributed by atoms with E-state index in [-0.39, 0.29) is 0 Å². The van der Waals surface area contributed by atoms with E-state index in [0.29, 0.717) is 5.41 Å². The van der Waals surface area contributed by atoms with Gasteiger partial charge in [0.25, 0.3) is 0 Å². The van der Waals surface area contributed by atoms with Crippen LogP contribution in [-0.4, -0.2) is 26.8 Å². The van der Waals surface area contributed by atoms with Crippen LogP contribution in [0.5, 0.6) is 11.5 Å². The Morgan fingerprint density at radius 1 is 1.20 bits per heavy atom. The Kier molecular flexibility index (Phi) is 5.33. The molecule has 0 unspecified atom stereocenters. The summed E-state index contributed by atoms with van der Waals surface area (Å²) in [5, 5.41) is 3.26. The predicted molar refractivity (Wildman–Crippen MR) is 85.8 cm³/mol. The van der Waals surface area contributed by atoms with Crippen LogP contribution < -0.4 is 14.8 Å². The lowest BCUT2D eigenvalue weighted by Crippen LogP contribution is -2.27. The molecule has 0 saturated carbocycles. The van der Waals surface area contributed by atoms with Gasteiger partial charge >= 0.3 is 0 Å². The predicted octanol–water partition coefficient (Wildman–Crippen LogP) is 3.79. The minimum absolute atomic E-state index is 0.290. The molecule has 0 spiro atoms. The Bertz CT molecular complexity index is 460. The van der Waals surface area contributed by atoms with Crippen molar-refractivity contribution >= 4 is 15.9 Å². The van der Waals surface area contributed by atoms with Crippen LogP contribution in [-0.2, 0) is 6.42 Å². The first-order valence-corrected chi connectivity index (χ1v) is 8.04. The van der Waals surface area contributed by atoms with Crippen molar-refractivity contribution in [2.24, 2.45) is 5.41 Å². The highest BCUT2D eigenvalue weighted by atomic mass is 79.9. The molecule has 1 aromatic rings. The first kappa shape index (κ1) is 15.6. The van der Waals surface area contributed by atoms with Crippen LogP contribution in [0, 0.1) is 5.41 Å². The zero-order chi connectivity index (χ0) is 14.6. The minimum Gasteiger partial charge on any atom is -0.490 e. The summed E-state index contributed by atoms with van der Waals surface area (Å²) in [5.74, 6) is 1.74. The summed E-state index contributed by atoms with van der Waals surface area (Å²) in [4.78, 5) is 0. The van der Waals surface area contributed by atoms with Gasteiger partial charge < -0.3 is 14.8 Å². The van der Waals surface area contributed by atoms with Gasteiger partial charge in [0.15, 0.2) is 11.5 Å². The number of hydrogen-bond donors (Lipinski definition) is 1. The summed E-state index contributed by atoms with van der Waals surface area (Å²) in [6.45, 7) is 7.07. The largest absolute Gasteiger partial charge is 0.490 e. The molecule has 0 saturated heterocycles. The van der Waals surface area contributed by atoms with Gasteiger partial charge in [0.2, 0.25) is 0 Å². The van der Waals surface area contributed by atoms with Gasteiger partial charge in [-0.25, -0.2) is 0 Å². The molecular formula is C16H24BrNO2. The zero-order valence-corrected chi connectivity index (χ0v) is 14.2. The number of halogens is 1. The number of ether oxygens (including phenoxy) is 2. The minimum atomic E-state index is 0.290. The summed E-state index contributed by atoms with van der Waals surface area (Å²) in [6, 6.07) is 4.17. The Hall–Kier alpha value is -0.740. The third kappa shape index (κ3) is 4.13. The van der Waals surface area contributed by atoms with Gasteiger partial charge in [-0.1, -0.05) is 29.8 Å². The fourth-order valence-corrected chi connectivity index (χ4v) is 2.98. The standard InChI is InChI=1S/C16H24BrNO2/c1-16(2,11-18-3)6-5-12-9-14-15(10-13(12)17)20-8-4-7-19-14/h9-10,18H,4-8,11H2,1-3H3. The number of fused-ring (bicyclic) bond motifs is 1. The molecule has 0 amide bonds. The molecule has 0 fully saturated rings. The summed E-state index contributed by atoms with van der Waals surface area (Å²) in [6.07, 6.45) is 3.11. The first-order chi connectivity index (χ1) is 9.52. The molecule has 4 heteroatoms. The normalized spacial score (nSPS) is 15.0. The van der Waals surface area contributed by atoms with Crippen molar-refractivity contribution in [1.29, 1.82) is 0 Å². The van der Waals surface area contributed by atoms with E-state index < -0.39 is 0 Å². The third-order valence-corrected chi connectivity index (χ3v) is 4.38. The summed E-state index contributed by atoms with van der Waals surface area (Å²) in [5.41, 5.74) is 1.58. The van der Waals surface area contributed by atoms with Crippen molar-refractivity contribution in [2.45, 2.75) is 33.1 Å². The van der Waals surface area contributed by atoms with Gasteiger partial charge in [0.05, 0.1) is 13.2 Å². The van der Waals surface area contributed by atoms with Crippen molar-refractivity contribution in [3.05, 3.63) is 22.2 Å². The van der Waals surface area contributed by atoms with Crippen LogP contribution in [0.2, 0.25) is 0 Å². The number of hydrogen-bond acceptors (Lipinski definition) is 3. The van der Waals surface area contributed by atoms with Crippen molar-refractivity contribution in [3.63, 3.8) is 0 Å². The number of benzene rings is 1. The highest BCUT2D eigenvalue weighted by Gasteiger charge is 2.19. The quantitative estimate of drug-likeness (QED) is 0.883. The van der Waals surface area contributed by atoms with Gasteiger partial charge in [-0.3, -0.25) is 0 Å². The topological polar surface area (TPSA) is 30.5 Å². The van der Waals surface area contributed by atoms with Crippen LogP contribution in [0.15, 0.2) is 16.6 Å². The molecule has 2 rings (SSSR count). The molecule has 0 aromatic heterocycles. The molecule has 1 aliphatic rings. The van der Waals surface area contributed by atoms with Crippen molar-refractivity contribution < 1.29 is 9.47 Å². The SMILES string of the molecule is CNCC(C)(C)CCc1cc2c(cc1Br)OCCCO2. The maximum Gasteiger partial charge on any atom is 0.162 e. The van der Waals surface area contributed by atoms with Gasteiger partial charge in [-0.15, -0.1) is 0 Å². The van der Waals surface area contributed by atoms with Crippen molar-refractivity contribution in [2.75, 3.05) is 26.8 Å². The molecule has 0 radical (unpaired) electrons. The lowest BCUT2D eigenvalue weighted by atomic mass is 9.86. The lowest BCUT2D eigenvalue weighted by molar-refractivity contribution is 0.296. The monoisotopic (exact) mass is 341 g/mol. The average molecular weight is 342 g/mol. The molecule has 1 N–H and O–H groups in total. The molecule has 1 aromatic carbocycles. The van der Waals surface area contributed by atoms with Gasteiger partial charge in [0.1, 0.15) is 0 Å². The van der Waals surface area contributed by atoms with Gasteiger partial charge in [0, 0.05) is 10.9 Å². The maximum atomic E-state index is 5.77. The van der Waals surface area contributed by atoms with E-state index in [0.717, 1.165) is 55.0 Å². The second-order valence-corrected chi connectivity index (χ2v) is 6.99.